The van der Waals surface area contributed by atoms with Gasteiger partial charge in [0.1, 0.15) is 5.82 Å². The molecule has 1 aliphatic heterocycles. The third kappa shape index (κ3) is 3.62. The van der Waals surface area contributed by atoms with E-state index in [2.05, 4.69) is 20.3 Å². The van der Waals surface area contributed by atoms with Crippen LogP contribution in [0.4, 0.5) is 29.3 Å². The fourth-order valence-corrected chi connectivity index (χ4v) is 2.93. The molecular formula is C18H15F4N5. The van der Waals surface area contributed by atoms with E-state index in [-0.39, 0.29) is 13.1 Å². The zero-order chi connectivity index (χ0) is 19.0. The lowest BCUT2D eigenvalue weighted by atomic mass is 9.99. The van der Waals surface area contributed by atoms with E-state index in [1.54, 1.807) is 35.2 Å². The van der Waals surface area contributed by atoms with Crippen LogP contribution in [0.1, 0.15) is 5.56 Å². The predicted octanol–water partition coefficient (Wildman–Crippen LogP) is 3.77. The van der Waals surface area contributed by atoms with Crippen molar-refractivity contribution in [1.29, 1.82) is 0 Å². The highest BCUT2D eigenvalue weighted by atomic mass is 19.4. The van der Waals surface area contributed by atoms with Crippen LogP contribution in [0.5, 0.6) is 0 Å². The van der Waals surface area contributed by atoms with E-state index in [4.69, 9.17) is 0 Å². The minimum absolute atomic E-state index is 0.119. The summed E-state index contributed by atoms with van der Waals surface area (Å²) < 4.78 is 51.3. The van der Waals surface area contributed by atoms with Gasteiger partial charge in [-0.05, 0) is 23.8 Å². The fraction of sp³-hybridized carbons (Fsp3) is 0.278. The van der Waals surface area contributed by atoms with Gasteiger partial charge in [-0.2, -0.15) is 22.5 Å². The number of alkyl halides is 3. The number of benzene rings is 1. The van der Waals surface area contributed by atoms with Crippen molar-refractivity contribution < 1.29 is 17.6 Å². The number of para-hydroxylation sites is 1. The van der Waals surface area contributed by atoms with Crippen LogP contribution < -0.4 is 10.2 Å². The van der Waals surface area contributed by atoms with Crippen molar-refractivity contribution in [3.8, 4) is 0 Å². The van der Waals surface area contributed by atoms with Gasteiger partial charge >= 0.3 is 6.18 Å². The second-order valence-electron chi connectivity index (χ2n) is 6.37. The average molecular weight is 377 g/mol. The molecule has 0 unspecified atom stereocenters. The quantitative estimate of drug-likeness (QED) is 0.554. The Hall–Kier alpha value is -2.97. The molecular weight excluding hydrogens is 362 g/mol. The number of pyridine rings is 1. The van der Waals surface area contributed by atoms with Crippen molar-refractivity contribution in [1.82, 2.24) is 15.0 Å². The van der Waals surface area contributed by atoms with Crippen molar-refractivity contribution in [2.75, 3.05) is 23.3 Å². The molecule has 0 atom stereocenters. The van der Waals surface area contributed by atoms with Crippen molar-refractivity contribution in [2.24, 2.45) is 5.92 Å². The standard InChI is InChI=1S/C18H15F4N5/c19-15-6-5-11(7-23-15)8-24-17-25-14-4-2-1-3-13(14)16(26-17)27-9-12(10-27)18(20,21)22/h1-7,12H,8-10H2,(H,24,25,26). The van der Waals surface area contributed by atoms with E-state index < -0.39 is 18.0 Å². The van der Waals surface area contributed by atoms with Crippen molar-refractivity contribution in [2.45, 2.75) is 12.7 Å². The summed E-state index contributed by atoms with van der Waals surface area (Å²) in [5.41, 5.74) is 1.37. The first kappa shape index (κ1) is 17.4. The molecule has 1 N–H and O–H groups in total. The monoisotopic (exact) mass is 377 g/mol. The number of aromatic nitrogens is 3. The molecule has 27 heavy (non-hydrogen) atoms. The third-order valence-electron chi connectivity index (χ3n) is 4.47. The average Bonchev–Trinajstić information content (AvgIpc) is 2.59. The van der Waals surface area contributed by atoms with Crippen molar-refractivity contribution in [3.63, 3.8) is 0 Å². The Morgan fingerprint density at radius 3 is 2.56 bits per heavy atom. The van der Waals surface area contributed by atoms with Crippen LogP contribution in [0.15, 0.2) is 42.6 Å². The lowest BCUT2D eigenvalue weighted by Gasteiger charge is -2.41. The highest BCUT2D eigenvalue weighted by molar-refractivity contribution is 5.90. The topological polar surface area (TPSA) is 53.9 Å². The molecule has 1 aromatic carbocycles. The molecule has 1 aliphatic rings. The molecule has 1 saturated heterocycles. The Bertz CT molecular complexity index is 952. The van der Waals surface area contributed by atoms with Gasteiger partial charge in [-0.1, -0.05) is 18.2 Å². The van der Waals surface area contributed by atoms with Crippen LogP contribution in [0.2, 0.25) is 0 Å². The van der Waals surface area contributed by atoms with E-state index >= 15 is 0 Å². The maximum Gasteiger partial charge on any atom is 0.395 e. The molecule has 0 radical (unpaired) electrons. The first-order chi connectivity index (χ1) is 12.9. The van der Waals surface area contributed by atoms with Crippen LogP contribution in [-0.4, -0.2) is 34.2 Å². The number of halogens is 4. The van der Waals surface area contributed by atoms with E-state index in [0.717, 1.165) is 5.56 Å². The second-order valence-corrected chi connectivity index (χ2v) is 6.37. The molecule has 2 aromatic heterocycles. The lowest BCUT2D eigenvalue weighted by Crippen LogP contribution is -2.53. The van der Waals surface area contributed by atoms with Crippen LogP contribution in [0, 0.1) is 11.9 Å². The lowest BCUT2D eigenvalue weighted by molar-refractivity contribution is -0.180. The predicted molar refractivity (Wildman–Crippen MR) is 92.8 cm³/mol. The van der Waals surface area contributed by atoms with Crippen LogP contribution >= 0.6 is 0 Å². The van der Waals surface area contributed by atoms with E-state index in [1.165, 1.54) is 12.3 Å². The van der Waals surface area contributed by atoms with Crippen LogP contribution in [0.3, 0.4) is 0 Å². The Labute approximate surface area is 152 Å². The summed E-state index contributed by atoms with van der Waals surface area (Å²) in [5, 5.41) is 3.72. The molecule has 1 fully saturated rings. The molecule has 5 nitrogen and oxygen atoms in total. The minimum atomic E-state index is -4.20. The summed E-state index contributed by atoms with van der Waals surface area (Å²) >= 11 is 0. The first-order valence-electron chi connectivity index (χ1n) is 8.33. The summed E-state index contributed by atoms with van der Waals surface area (Å²) in [6, 6.07) is 10.0. The van der Waals surface area contributed by atoms with Gasteiger partial charge in [0.15, 0.2) is 0 Å². The van der Waals surface area contributed by atoms with Gasteiger partial charge in [-0.3, -0.25) is 0 Å². The molecule has 140 valence electrons. The second kappa shape index (κ2) is 6.64. The van der Waals surface area contributed by atoms with Crippen LogP contribution in [-0.2, 0) is 6.54 Å². The first-order valence-corrected chi connectivity index (χ1v) is 8.33. The van der Waals surface area contributed by atoms with Gasteiger partial charge in [0.25, 0.3) is 0 Å². The number of anilines is 2. The summed E-state index contributed by atoms with van der Waals surface area (Å²) in [7, 11) is 0. The molecule has 9 heteroatoms. The Kier molecular flexibility index (Phi) is 4.29. The zero-order valence-corrected chi connectivity index (χ0v) is 14.0. The normalized spacial score (nSPS) is 15.0. The number of hydrogen-bond donors (Lipinski definition) is 1. The molecule has 3 aromatic rings. The summed E-state index contributed by atoms with van der Waals surface area (Å²) in [4.78, 5) is 14.0. The van der Waals surface area contributed by atoms with E-state index in [0.29, 0.717) is 29.2 Å². The molecule has 4 rings (SSSR count). The summed E-state index contributed by atoms with van der Waals surface area (Å²) in [5.74, 6) is -1.14. The SMILES string of the molecule is Fc1ccc(CNc2nc(N3CC(C(F)(F)F)C3)c3ccccc3n2)cn1. The Morgan fingerprint density at radius 2 is 1.85 bits per heavy atom. The van der Waals surface area contributed by atoms with E-state index in [9.17, 15) is 17.6 Å². The van der Waals surface area contributed by atoms with Crippen molar-refractivity contribution in [3.05, 3.63) is 54.1 Å². The summed E-state index contributed by atoms with van der Waals surface area (Å²) in [6.45, 7) is 0.0773. The highest BCUT2D eigenvalue weighted by Crippen LogP contribution is 2.37. The molecule has 0 amide bonds. The van der Waals surface area contributed by atoms with Gasteiger partial charge in [0, 0.05) is 31.2 Å². The minimum Gasteiger partial charge on any atom is -0.355 e. The molecule has 0 aliphatic carbocycles. The maximum absolute atomic E-state index is 12.9. The van der Waals surface area contributed by atoms with Crippen LogP contribution in [0.25, 0.3) is 10.9 Å². The largest absolute Gasteiger partial charge is 0.395 e. The Balaban J connectivity index is 1.58. The fourth-order valence-electron chi connectivity index (χ4n) is 2.93. The van der Waals surface area contributed by atoms with Gasteiger partial charge in [-0.15, -0.1) is 0 Å². The van der Waals surface area contributed by atoms with Crippen molar-refractivity contribution >= 4 is 22.7 Å². The third-order valence-corrected chi connectivity index (χ3v) is 4.47. The highest BCUT2D eigenvalue weighted by Gasteiger charge is 2.47. The zero-order valence-electron chi connectivity index (χ0n) is 14.0. The van der Waals surface area contributed by atoms with E-state index in [1.807, 2.05) is 0 Å². The number of nitrogens with one attached hydrogen (secondary N) is 1. The smallest absolute Gasteiger partial charge is 0.355 e. The number of rotatable bonds is 4. The number of fused-ring (bicyclic) bond motifs is 1. The maximum atomic E-state index is 12.9. The molecule has 0 bridgehead atoms. The molecule has 3 heterocycles. The molecule has 0 spiro atoms. The summed E-state index contributed by atoms with van der Waals surface area (Å²) in [6.07, 6.45) is -2.80. The number of nitrogens with zero attached hydrogens (tertiary/aromatic N) is 4. The Morgan fingerprint density at radius 1 is 1.07 bits per heavy atom. The van der Waals surface area contributed by atoms with Gasteiger partial charge in [0.05, 0.1) is 11.4 Å². The van der Waals surface area contributed by atoms with Gasteiger partial charge in [0.2, 0.25) is 11.9 Å². The van der Waals surface area contributed by atoms with Gasteiger partial charge < -0.3 is 10.2 Å². The van der Waals surface area contributed by atoms with Gasteiger partial charge in [-0.25, -0.2) is 9.97 Å². The molecule has 0 saturated carbocycles. The number of hydrogen-bond acceptors (Lipinski definition) is 5.